The summed E-state index contributed by atoms with van der Waals surface area (Å²) in [5.74, 6) is -0.477. The third kappa shape index (κ3) is 12.8. The van der Waals surface area contributed by atoms with E-state index in [9.17, 15) is 21.1 Å². The summed E-state index contributed by atoms with van der Waals surface area (Å²) in [6.07, 6.45) is 3.60. The van der Waals surface area contributed by atoms with Crippen molar-refractivity contribution in [2.45, 2.75) is 70.0 Å². The topological polar surface area (TPSA) is 0 Å². The minimum Gasteiger partial charge on any atom is -0.238 e. The molecule has 1 atom stereocenters. The molecular formula is C12H25F5Si2. The minimum atomic E-state index is -5.52. The third-order valence-corrected chi connectivity index (χ3v) is 6.22. The largest absolute Gasteiger partial charge is 0.616 e. The Morgan fingerprint density at radius 2 is 1.74 bits per heavy atom. The Labute approximate surface area is 116 Å². The average Bonchev–Trinajstić information content (AvgIpc) is 2.21. The molecule has 0 radical (unpaired) electrons. The van der Waals surface area contributed by atoms with Gasteiger partial charge in [-0.1, -0.05) is 45.6 Å². The smallest absolute Gasteiger partial charge is 0.238 e. The molecule has 0 heterocycles. The van der Waals surface area contributed by atoms with Gasteiger partial charge in [0.2, 0.25) is 5.55 Å². The van der Waals surface area contributed by atoms with Crippen LogP contribution in [-0.2, 0) is 0 Å². The zero-order valence-corrected chi connectivity index (χ0v) is 14.2. The summed E-state index contributed by atoms with van der Waals surface area (Å²) in [6.45, 7) is 3.55. The molecule has 116 valence electrons. The molecule has 0 amide bonds. The summed E-state index contributed by atoms with van der Waals surface area (Å²) in [4.78, 5) is 0. The van der Waals surface area contributed by atoms with Crippen molar-refractivity contribution in [3.05, 3.63) is 0 Å². The lowest BCUT2D eigenvalue weighted by Crippen LogP contribution is -2.26. The number of alkyl halides is 2. The van der Waals surface area contributed by atoms with Gasteiger partial charge in [0.15, 0.2) is 0 Å². The van der Waals surface area contributed by atoms with E-state index < -0.39 is 36.1 Å². The first kappa shape index (κ1) is 19.1. The van der Waals surface area contributed by atoms with Crippen LogP contribution in [0.1, 0.15) is 52.4 Å². The maximum absolute atomic E-state index is 13.5. The predicted octanol–water partition coefficient (Wildman–Crippen LogP) is 5.01. The van der Waals surface area contributed by atoms with Crippen LogP contribution in [0.3, 0.4) is 0 Å². The standard InChI is InChI=1S/C12H25F5Si2/c1-3-4-5-6-8-12(13,14)18-9-7-11(2)10-19(15,16)17/h11H,3-10,18H2,1-2H3. The molecule has 0 saturated heterocycles. The van der Waals surface area contributed by atoms with Crippen LogP contribution < -0.4 is 0 Å². The Bertz CT molecular complexity index is 231. The van der Waals surface area contributed by atoms with Crippen LogP contribution in [0.2, 0.25) is 12.1 Å². The summed E-state index contributed by atoms with van der Waals surface area (Å²) in [6, 6.07) is -0.393. The zero-order valence-electron chi connectivity index (χ0n) is 11.8. The normalized spacial score (nSPS) is 15.3. The number of rotatable bonds is 11. The van der Waals surface area contributed by atoms with Crippen molar-refractivity contribution in [3.63, 3.8) is 0 Å². The fraction of sp³-hybridized carbons (Fsp3) is 1.00. The molecule has 0 aromatic heterocycles. The Kier molecular flexibility index (Phi) is 9.14. The van der Waals surface area contributed by atoms with E-state index in [0.717, 1.165) is 19.3 Å². The molecule has 0 aromatic carbocycles. The molecule has 0 aliphatic heterocycles. The van der Waals surface area contributed by atoms with Crippen molar-refractivity contribution >= 4 is 18.6 Å². The van der Waals surface area contributed by atoms with Crippen LogP contribution >= 0.6 is 0 Å². The predicted molar refractivity (Wildman–Crippen MR) is 74.7 cm³/mol. The van der Waals surface area contributed by atoms with Crippen LogP contribution in [-0.4, -0.2) is 24.1 Å². The zero-order chi connectivity index (χ0) is 14.9. The van der Waals surface area contributed by atoms with E-state index in [1.807, 2.05) is 6.92 Å². The van der Waals surface area contributed by atoms with Crippen molar-refractivity contribution in [2.75, 3.05) is 0 Å². The SMILES string of the molecule is CCCCCCC(F)(F)[SiH2]CCC(C)C[Si](F)(F)F. The molecule has 0 aliphatic carbocycles. The van der Waals surface area contributed by atoms with Gasteiger partial charge >= 0.3 is 9.08 Å². The van der Waals surface area contributed by atoms with Gasteiger partial charge in [0.1, 0.15) is 9.52 Å². The summed E-state index contributed by atoms with van der Waals surface area (Å²) in [5.41, 5.74) is -2.57. The fourth-order valence-electron chi connectivity index (χ4n) is 2.14. The minimum absolute atomic E-state index is 0.0678. The van der Waals surface area contributed by atoms with Crippen LogP contribution in [0.5, 0.6) is 0 Å². The van der Waals surface area contributed by atoms with E-state index >= 15 is 0 Å². The maximum Gasteiger partial charge on any atom is 0.616 e. The van der Waals surface area contributed by atoms with Crippen LogP contribution in [0, 0.1) is 5.92 Å². The summed E-state index contributed by atoms with van der Waals surface area (Å²) < 4.78 is 63.6. The highest BCUT2D eigenvalue weighted by Gasteiger charge is 2.38. The van der Waals surface area contributed by atoms with Gasteiger partial charge in [0.25, 0.3) is 0 Å². The number of unbranched alkanes of at least 4 members (excludes halogenated alkanes) is 3. The van der Waals surface area contributed by atoms with Gasteiger partial charge in [0, 0.05) is 12.5 Å². The Morgan fingerprint density at radius 1 is 1.11 bits per heavy atom. The quantitative estimate of drug-likeness (QED) is 0.217. The molecule has 0 aliphatic rings. The average molecular weight is 320 g/mol. The lowest BCUT2D eigenvalue weighted by Gasteiger charge is -2.17. The highest BCUT2D eigenvalue weighted by Crippen LogP contribution is 2.27. The molecule has 0 rings (SSSR count). The second-order valence-electron chi connectivity index (χ2n) is 5.48. The number of hydrogen-bond acceptors (Lipinski definition) is 0. The molecular weight excluding hydrogens is 295 g/mol. The van der Waals surface area contributed by atoms with Gasteiger partial charge < -0.3 is 0 Å². The van der Waals surface area contributed by atoms with Crippen molar-refractivity contribution in [1.29, 1.82) is 0 Å². The lowest BCUT2D eigenvalue weighted by molar-refractivity contribution is 0.0769. The van der Waals surface area contributed by atoms with E-state index in [1.54, 1.807) is 0 Å². The van der Waals surface area contributed by atoms with E-state index in [2.05, 4.69) is 0 Å². The number of halogens is 5. The van der Waals surface area contributed by atoms with Gasteiger partial charge in [-0.05, 0) is 12.3 Å². The highest BCUT2D eigenvalue weighted by molar-refractivity contribution is 6.58. The lowest BCUT2D eigenvalue weighted by atomic mass is 10.1. The van der Waals surface area contributed by atoms with Crippen molar-refractivity contribution < 1.29 is 21.1 Å². The van der Waals surface area contributed by atoms with Gasteiger partial charge in [-0.15, -0.1) is 0 Å². The first-order valence-electron chi connectivity index (χ1n) is 7.11. The molecule has 0 fully saturated rings. The van der Waals surface area contributed by atoms with Gasteiger partial charge in [-0.3, -0.25) is 0 Å². The molecule has 1 unspecified atom stereocenters. The highest BCUT2D eigenvalue weighted by atomic mass is 28.5. The van der Waals surface area contributed by atoms with Gasteiger partial charge in [0.05, 0.1) is 0 Å². The molecule has 0 spiro atoms. The Hall–Kier alpha value is 0.0838. The summed E-state index contributed by atoms with van der Waals surface area (Å²) in [7, 11) is -7.09. The molecule has 0 saturated carbocycles. The van der Waals surface area contributed by atoms with Crippen molar-refractivity contribution in [1.82, 2.24) is 0 Å². The van der Waals surface area contributed by atoms with Gasteiger partial charge in [-0.25, -0.2) is 21.1 Å². The van der Waals surface area contributed by atoms with Crippen molar-refractivity contribution in [2.24, 2.45) is 5.92 Å². The fourth-order valence-corrected chi connectivity index (χ4v) is 5.05. The first-order valence-corrected chi connectivity index (χ1v) is 10.7. The van der Waals surface area contributed by atoms with E-state index in [4.69, 9.17) is 0 Å². The van der Waals surface area contributed by atoms with Crippen molar-refractivity contribution in [3.8, 4) is 0 Å². The Balaban J connectivity index is 3.73. The van der Waals surface area contributed by atoms with Gasteiger partial charge in [-0.2, -0.15) is 0 Å². The molecule has 7 heteroatoms. The first-order chi connectivity index (χ1) is 8.66. The summed E-state index contributed by atoms with van der Waals surface area (Å²) in [5, 5.41) is 0. The van der Waals surface area contributed by atoms with E-state index in [0.29, 0.717) is 18.9 Å². The maximum atomic E-state index is 13.5. The second-order valence-corrected chi connectivity index (χ2v) is 9.36. The number of hydrogen-bond donors (Lipinski definition) is 0. The van der Waals surface area contributed by atoms with Crippen LogP contribution in [0.4, 0.5) is 21.1 Å². The summed E-state index contributed by atoms with van der Waals surface area (Å²) >= 11 is 0. The molecule has 19 heavy (non-hydrogen) atoms. The Morgan fingerprint density at radius 3 is 2.26 bits per heavy atom. The monoisotopic (exact) mass is 320 g/mol. The second kappa shape index (κ2) is 9.10. The van der Waals surface area contributed by atoms with E-state index in [-0.39, 0.29) is 6.42 Å². The molecule has 0 aromatic rings. The molecule has 0 bridgehead atoms. The molecule has 0 N–H and O–H groups in total. The van der Waals surface area contributed by atoms with E-state index in [1.165, 1.54) is 6.92 Å². The van der Waals surface area contributed by atoms with Crippen LogP contribution in [0.25, 0.3) is 0 Å². The van der Waals surface area contributed by atoms with Crippen LogP contribution in [0.15, 0.2) is 0 Å². The third-order valence-electron chi connectivity index (χ3n) is 3.22. The molecule has 0 nitrogen and oxygen atoms in total.